The van der Waals surface area contributed by atoms with Crippen LogP contribution in [0.15, 0.2) is 24.3 Å². The average molecular weight is 249 g/mol. The van der Waals surface area contributed by atoms with Crippen molar-refractivity contribution >= 4 is 34.8 Å². The zero-order chi connectivity index (χ0) is 11.4. The second kappa shape index (κ2) is 5.19. The van der Waals surface area contributed by atoms with Gasteiger partial charge in [-0.25, -0.2) is 0 Å². The molecule has 1 heterocycles. The number of nitriles is 1. The molecule has 0 radical (unpaired) electrons. The zero-order valence-corrected chi connectivity index (χ0v) is 10.3. The molecule has 3 nitrogen and oxygen atoms in total. The molecule has 0 atom stereocenters. The molecule has 1 fully saturated rings. The number of hydrogen-bond donors (Lipinski definition) is 1. The molecule has 0 saturated carbocycles. The topological polar surface area (TPSA) is 39.1 Å². The van der Waals surface area contributed by atoms with Gasteiger partial charge in [0.1, 0.15) is 0 Å². The predicted molar refractivity (Wildman–Crippen MR) is 71.4 cm³/mol. The molecule has 1 aliphatic rings. The van der Waals surface area contributed by atoms with Crippen LogP contribution in [0.3, 0.4) is 0 Å². The fourth-order valence-corrected chi connectivity index (χ4v) is 2.76. The van der Waals surface area contributed by atoms with E-state index < -0.39 is 0 Å². The summed E-state index contributed by atoms with van der Waals surface area (Å²) >= 11 is 7.17. The summed E-state index contributed by atoms with van der Waals surface area (Å²) in [6.45, 7) is 0.994. The molecule has 1 N–H and O–H groups in total. The summed E-state index contributed by atoms with van der Waals surface area (Å²) in [5.41, 5.74) is 1.52. The Morgan fingerprint density at radius 2 is 2.44 bits per heavy atom. The first-order valence-corrected chi connectivity index (χ1v) is 6.50. The van der Waals surface area contributed by atoms with Gasteiger partial charge in [0.15, 0.2) is 5.11 Å². The van der Waals surface area contributed by atoms with E-state index in [0.717, 1.165) is 29.0 Å². The maximum absolute atomic E-state index is 8.78. The maximum atomic E-state index is 8.78. The molecule has 0 aromatic heterocycles. The van der Waals surface area contributed by atoms with Gasteiger partial charge in [0.2, 0.25) is 0 Å². The molecule has 0 spiro atoms. The number of nitrogens with one attached hydrogen (secondary N) is 1. The molecule has 0 aliphatic carbocycles. The van der Waals surface area contributed by atoms with Crippen LogP contribution < -0.4 is 5.32 Å². The van der Waals surface area contributed by atoms with E-state index in [1.807, 2.05) is 23.9 Å². The molecule has 2 rings (SSSR count). The van der Waals surface area contributed by atoms with E-state index in [2.05, 4.69) is 16.3 Å². The fraction of sp³-hybridized carbons (Fsp3) is 0.273. The molecule has 0 unspecified atom stereocenters. The first-order chi connectivity index (χ1) is 7.79. The van der Waals surface area contributed by atoms with Crippen LogP contribution in [0, 0.1) is 11.3 Å². The highest BCUT2D eigenvalue weighted by Crippen LogP contribution is 2.16. The summed E-state index contributed by atoms with van der Waals surface area (Å²) in [6, 6.07) is 9.45. The van der Waals surface area contributed by atoms with Crippen molar-refractivity contribution in [3.8, 4) is 6.07 Å². The SMILES string of the molecule is N#Cc1cccc(NC(=S)N2CCSC2)c1. The van der Waals surface area contributed by atoms with Gasteiger partial charge in [-0.05, 0) is 30.4 Å². The highest BCUT2D eigenvalue weighted by atomic mass is 32.2. The van der Waals surface area contributed by atoms with E-state index in [0.29, 0.717) is 5.56 Å². The molecule has 1 aromatic carbocycles. The van der Waals surface area contributed by atoms with Crippen LogP contribution in [0.25, 0.3) is 0 Å². The van der Waals surface area contributed by atoms with Crippen LogP contribution in [-0.4, -0.2) is 28.2 Å². The number of hydrogen-bond acceptors (Lipinski definition) is 3. The van der Waals surface area contributed by atoms with Crippen LogP contribution in [0.2, 0.25) is 0 Å². The van der Waals surface area contributed by atoms with Crippen LogP contribution in [0.5, 0.6) is 0 Å². The van der Waals surface area contributed by atoms with Crippen molar-refractivity contribution in [3.63, 3.8) is 0 Å². The molecule has 16 heavy (non-hydrogen) atoms. The second-order valence-corrected chi connectivity index (χ2v) is 4.88. The van der Waals surface area contributed by atoms with E-state index in [-0.39, 0.29) is 0 Å². The highest BCUT2D eigenvalue weighted by molar-refractivity contribution is 7.99. The van der Waals surface area contributed by atoms with Gasteiger partial charge in [0.25, 0.3) is 0 Å². The highest BCUT2D eigenvalue weighted by Gasteiger charge is 2.14. The van der Waals surface area contributed by atoms with Gasteiger partial charge in [-0.2, -0.15) is 5.26 Å². The monoisotopic (exact) mass is 249 g/mol. The van der Waals surface area contributed by atoms with Gasteiger partial charge in [0.05, 0.1) is 17.5 Å². The molecular formula is C11H11N3S2. The van der Waals surface area contributed by atoms with Crippen LogP contribution in [0.1, 0.15) is 5.56 Å². The van der Waals surface area contributed by atoms with Crippen molar-refractivity contribution in [1.29, 1.82) is 5.26 Å². The van der Waals surface area contributed by atoms with Crippen molar-refractivity contribution < 1.29 is 0 Å². The normalized spacial score (nSPS) is 14.6. The molecule has 82 valence electrons. The summed E-state index contributed by atoms with van der Waals surface area (Å²) in [6.07, 6.45) is 0. The zero-order valence-electron chi connectivity index (χ0n) is 8.64. The fourth-order valence-electron chi connectivity index (χ4n) is 1.44. The van der Waals surface area contributed by atoms with Crippen molar-refractivity contribution in [2.24, 2.45) is 0 Å². The van der Waals surface area contributed by atoms with E-state index in [4.69, 9.17) is 17.5 Å². The van der Waals surface area contributed by atoms with E-state index in [1.54, 1.807) is 12.1 Å². The number of benzene rings is 1. The van der Waals surface area contributed by atoms with Crippen LogP contribution in [0.4, 0.5) is 5.69 Å². The lowest BCUT2D eigenvalue weighted by Gasteiger charge is -2.18. The van der Waals surface area contributed by atoms with Gasteiger partial charge < -0.3 is 10.2 Å². The smallest absolute Gasteiger partial charge is 0.174 e. The van der Waals surface area contributed by atoms with E-state index in [9.17, 15) is 0 Å². The Bertz CT molecular complexity index is 433. The lowest BCUT2D eigenvalue weighted by molar-refractivity contribution is 0.552. The predicted octanol–water partition coefficient (Wildman–Crippen LogP) is 2.26. The van der Waals surface area contributed by atoms with Gasteiger partial charge in [-0.3, -0.25) is 0 Å². The summed E-state index contributed by atoms with van der Waals surface area (Å²) in [5.74, 6) is 2.07. The van der Waals surface area contributed by atoms with Gasteiger partial charge in [0, 0.05) is 18.0 Å². The minimum absolute atomic E-state index is 0.642. The third-order valence-corrected chi connectivity index (χ3v) is 3.61. The van der Waals surface area contributed by atoms with Crippen molar-refractivity contribution in [2.45, 2.75) is 0 Å². The van der Waals surface area contributed by atoms with E-state index >= 15 is 0 Å². The second-order valence-electron chi connectivity index (χ2n) is 3.42. The molecular weight excluding hydrogens is 238 g/mol. The first-order valence-electron chi connectivity index (χ1n) is 4.93. The third-order valence-electron chi connectivity index (χ3n) is 2.28. The Morgan fingerprint density at radius 3 is 3.12 bits per heavy atom. The first kappa shape index (κ1) is 11.2. The van der Waals surface area contributed by atoms with Gasteiger partial charge >= 0.3 is 0 Å². The number of anilines is 1. The Morgan fingerprint density at radius 1 is 1.56 bits per heavy atom. The maximum Gasteiger partial charge on any atom is 0.174 e. The van der Waals surface area contributed by atoms with Gasteiger partial charge in [-0.1, -0.05) is 6.07 Å². The summed E-state index contributed by atoms with van der Waals surface area (Å²) in [4.78, 5) is 2.12. The standard InChI is InChI=1S/C11H11N3S2/c12-7-9-2-1-3-10(6-9)13-11(15)14-4-5-16-8-14/h1-3,6H,4-5,8H2,(H,13,15). The number of thiocarbonyl (C=S) groups is 1. The minimum atomic E-state index is 0.642. The van der Waals surface area contributed by atoms with Crippen molar-refractivity contribution in [3.05, 3.63) is 29.8 Å². The minimum Gasteiger partial charge on any atom is -0.339 e. The molecule has 1 aliphatic heterocycles. The Kier molecular flexibility index (Phi) is 3.65. The largest absolute Gasteiger partial charge is 0.339 e. The molecule has 1 saturated heterocycles. The Labute approximate surface area is 104 Å². The molecule has 1 aromatic rings. The average Bonchev–Trinajstić information content (AvgIpc) is 2.83. The van der Waals surface area contributed by atoms with Crippen LogP contribution in [-0.2, 0) is 0 Å². The summed E-state index contributed by atoms with van der Waals surface area (Å²) < 4.78 is 0. The van der Waals surface area contributed by atoms with Crippen molar-refractivity contribution in [2.75, 3.05) is 23.5 Å². The Hall–Kier alpha value is -1.25. The van der Waals surface area contributed by atoms with E-state index in [1.165, 1.54) is 0 Å². The van der Waals surface area contributed by atoms with Crippen molar-refractivity contribution in [1.82, 2.24) is 4.90 Å². The third kappa shape index (κ3) is 2.65. The molecule has 0 amide bonds. The number of thioether (sulfide) groups is 1. The number of nitrogens with zero attached hydrogens (tertiary/aromatic N) is 2. The Balaban J connectivity index is 2.03. The number of rotatable bonds is 1. The molecule has 0 bridgehead atoms. The summed E-state index contributed by atoms with van der Waals surface area (Å²) in [7, 11) is 0. The van der Waals surface area contributed by atoms with Crippen LogP contribution >= 0.6 is 24.0 Å². The summed E-state index contributed by atoms with van der Waals surface area (Å²) in [5, 5.41) is 12.7. The lowest BCUT2D eigenvalue weighted by Crippen LogP contribution is -2.31. The van der Waals surface area contributed by atoms with Gasteiger partial charge in [-0.15, -0.1) is 11.8 Å². The molecule has 5 heteroatoms. The quantitative estimate of drug-likeness (QED) is 0.773. The lowest BCUT2D eigenvalue weighted by atomic mass is 10.2.